The van der Waals surface area contributed by atoms with E-state index >= 15 is 0 Å². The van der Waals surface area contributed by atoms with Crippen molar-refractivity contribution in [2.24, 2.45) is 0 Å². The second kappa shape index (κ2) is 8.53. The molecule has 1 aliphatic heterocycles. The lowest BCUT2D eigenvalue weighted by atomic mass is 9.97. The highest BCUT2D eigenvalue weighted by Gasteiger charge is 2.29. The highest BCUT2D eigenvalue weighted by atomic mass is 32.2. The molecule has 1 aliphatic carbocycles. The van der Waals surface area contributed by atoms with Gasteiger partial charge < -0.3 is 14.6 Å². The maximum Gasteiger partial charge on any atom is 0.260 e. The number of nitrogens with zero attached hydrogens (tertiary/aromatic N) is 2. The van der Waals surface area contributed by atoms with Crippen molar-refractivity contribution in [1.82, 2.24) is 14.9 Å². The van der Waals surface area contributed by atoms with Crippen molar-refractivity contribution in [1.29, 1.82) is 0 Å². The number of H-pyrrole nitrogens is 1. The van der Waals surface area contributed by atoms with Crippen LogP contribution in [0.5, 0.6) is 0 Å². The van der Waals surface area contributed by atoms with E-state index in [-0.39, 0.29) is 11.5 Å². The van der Waals surface area contributed by atoms with Gasteiger partial charge in [0.1, 0.15) is 10.1 Å². The molecule has 5 rings (SSSR count). The number of amides is 1. The summed E-state index contributed by atoms with van der Waals surface area (Å²) in [6, 6.07) is 9.71. The van der Waals surface area contributed by atoms with E-state index in [2.05, 4.69) is 4.98 Å². The van der Waals surface area contributed by atoms with E-state index in [1.165, 1.54) is 28.6 Å². The van der Waals surface area contributed by atoms with Crippen LogP contribution in [-0.2, 0) is 22.4 Å². The van der Waals surface area contributed by atoms with Crippen LogP contribution in [0.1, 0.15) is 34.1 Å². The first-order chi connectivity index (χ1) is 14.7. The lowest BCUT2D eigenvalue weighted by Crippen LogP contribution is -2.42. The van der Waals surface area contributed by atoms with E-state index in [4.69, 9.17) is 9.72 Å². The van der Waals surface area contributed by atoms with Gasteiger partial charge in [-0.3, -0.25) is 9.59 Å². The van der Waals surface area contributed by atoms with Gasteiger partial charge in [-0.1, -0.05) is 42.1 Å². The zero-order valence-electron chi connectivity index (χ0n) is 16.6. The summed E-state index contributed by atoms with van der Waals surface area (Å²) in [6.07, 6.45) is 4.28. The van der Waals surface area contributed by atoms with E-state index in [1.54, 1.807) is 11.3 Å². The van der Waals surface area contributed by atoms with Crippen LogP contribution in [0.15, 0.2) is 40.3 Å². The van der Waals surface area contributed by atoms with E-state index in [1.807, 2.05) is 35.2 Å². The Kier molecular flexibility index (Phi) is 5.62. The third kappa shape index (κ3) is 3.79. The fraction of sp³-hybridized carbons (Fsp3) is 0.409. The van der Waals surface area contributed by atoms with Crippen LogP contribution in [0.3, 0.4) is 0 Å². The summed E-state index contributed by atoms with van der Waals surface area (Å²) in [5.41, 5.74) is 2.00. The third-order valence-electron chi connectivity index (χ3n) is 5.68. The van der Waals surface area contributed by atoms with E-state index in [0.717, 1.165) is 35.0 Å². The quantitative estimate of drug-likeness (QED) is 0.495. The van der Waals surface area contributed by atoms with E-state index in [9.17, 15) is 9.59 Å². The molecule has 3 aromatic rings. The van der Waals surface area contributed by atoms with Crippen LogP contribution in [0.4, 0.5) is 0 Å². The Morgan fingerprint density at radius 2 is 1.93 bits per heavy atom. The first-order valence-corrected chi connectivity index (χ1v) is 12.0. The van der Waals surface area contributed by atoms with Gasteiger partial charge in [-0.2, -0.15) is 0 Å². The van der Waals surface area contributed by atoms with Gasteiger partial charge in [0, 0.05) is 18.0 Å². The number of hydrogen-bond acceptors (Lipinski definition) is 6. The minimum atomic E-state index is -0.459. The molecular weight excluding hydrogens is 418 g/mol. The van der Waals surface area contributed by atoms with Crippen LogP contribution in [0.2, 0.25) is 0 Å². The molecule has 0 radical (unpaired) electrons. The second-order valence-corrected chi connectivity index (χ2v) is 9.79. The van der Waals surface area contributed by atoms with Crippen LogP contribution in [-0.4, -0.2) is 47.1 Å². The SMILES string of the molecule is O=C([C@H](Sc1nc2sc3c(c2c(=O)[nH]1)CCCC3)c1ccccc1)N1CCOCC1. The zero-order valence-corrected chi connectivity index (χ0v) is 18.2. The molecule has 1 aromatic carbocycles. The number of aryl methyl sites for hydroxylation is 2. The molecule has 0 bridgehead atoms. The molecule has 2 aliphatic rings. The topological polar surface area (TPSA) is 75.3 Å². The number of carbonyl (C=O) groups is 1. The summed E-state index contributed by atoms with van der Waals surface area (Å²) >= 11 is 2.96. The van der Waals surface area contributed by atoms with Gasteiger partial charge in [0.2, 0.25) is 5.91 Å². The monoisotopic (exact) mass is 441 g/mol. The molecule has 2 aromatic heterocycles. The predicted molar refractivity (Wildman–Crippen MR) is 119 cm³/mol. The summed E-state index contributed by atoms with van der Waals surface area (Å²) in [5, 5.41) is 0.788. The highest BCUT2D eigenvalue weighted by Crippen LogP contribution is 2.38. The molecule has 0 unspecified atom stereocenters. The minimum absolute atomic E-state index is 0.0303. The predicted octanol–water partition coefficient (Wildman–Crippen LogP) is 3.56. The number of nitrogens with one attached hydrogen (secondary N) is 1. The van der Waals surface area contributed by atoms with Crippen LogP contribution >= 0.6 is 23.1 Å². The fourth-order valence-electron chi connectivity index (χ4n) is 4.15. The van der Waals surface area contributed by atoms with Crippen molar-refractivity contribution in [2.45, 2.75) is 36.1 Å². The number of fused-ring (bicyclic) bond motifs is 3. The van der Waals surface area contributed by atoms with Crippen LogP contribution in [0.25, 0.3) is 10.2 Å². The molecule has 8 heteroatoms. The number of hydrogen-bond donors (Lipinski definition) is 1. The molecular formula is C22H23N3O3S2. The number of rotatable bonds is 4. The largest absolute Gasteiger partial charge is 0.378 e. The summed E-state index contributed by atoms with van der Waals surface area (Å²) in [7, 11) is 0. The molecule has 156 valence electrons. The van der Waals surface area contributed by atoms with Gasteiger partial charge in [0.25, 0.3) is 5.56 Å². The number of ether oxygens (including phenoxy) is 1. The Hall–Kier alpha value is -2.16. The molecule has 1 fully saturated rings. The van der Waals surface area contributed by atoms with E-state index < -0.39 is 5.25 Å². The Balaban J connectivity index is 1.50. The second-order valence-electron chi connectivity index (χ2n) is 7.61. The van der Waals surface area contributed by atoms with E-state index in [0.29, 0.717) is 31.5 Å². The number of aromatic nitrogens is 2. The normalized spacial score (nSPS) is 17.7. The molecule has 3 heterocycles. The van der Waals surface area contributed by atoms with Gasteiger partial charge >= 0.3 is 0 Å². The highest BCUT2D eigenvalue weighted by molar-refractivity contribution is 8.00. The van der Waals surface area contributed by atoms with Gasteiger partial charge in [-0.15, -0.1) is 11.3 Å². The smallest absolute Gasteiger partial charge is 0.260 e. The average Bonchev–Trinajstić information content (AvgIpc) is 3.17. The van der Waals surface area contributed by atoms with Crippen molar-refractivity contribution < 1.29 is 9.53 Å². The first kappa shape index (κ1) is 19.8. The van der Waals surface area contributed by atoms with Crippen LogP contribution < -0.4 is 5.56 Å². The number of carbonyl (C=O) groups excluding carboxylic acids is 1. The van der Waals surface area contributed by atoms with Crippen molar-refractivity contribution >= 4 is 39.2 Å². The standard InChI is InChI=1S/C22H23N3O3S2/c26-19-17-15-8-4-5-9-16(15)29-20(17)24-22(23-19)30-18(14-6-2-1-3-7-14)21(27)25-10-12-28-13-11-25/h1-3,6-7,18H,4-5,8-13H2,(H,23,24,26)/t18-/m1/s1. The Morgan fingerprint density at radius 3 is 2.73 bits per heavy atom. The number of benzene rings is 1. The molecule has 30 heavy (non-hydrogen) atoms. The Labute approximate surface area is 182 Å². The third-order valence-corrected chi connectivity index (χ3v) is 7.99. The van der Waals surface area contributed by atoms with Crippen molar-refractivity contribution in [3.05, 3.63) is 56.7 Å². The molecule has 1 atom stereocenters. The molecule has 0 spiro atoms. The number of aromatic amines is 1. The average molecular weight is 442 g/mol. The molecule has 6 nitrogen and oxygen atoms in total. The number of thioether (sulfide) groups is 1. The van der Waals surface area contributed by atoms with Gasteiger partial charge in [0.05, 0.1) is 18.6 Å². The summed E-state index contributed by atoms with van der Waals surface area (Å²) in [6.45, 7) is 2.28. The molecule has 0 saturated carbocycles. The number of thiophene rings is 1. The Morgan fingerprint density at radius 1 is 1.17 bits per heavy atom. The number of morpholine rings is 1. The summed E-state index contributed by atoms with van der Waals surface area (Å²) < 4.78 is 5.40. The Bertz CT molecular complexity index is 1120. The lowest BCUT2D eigenvalue weighted by molar-refractivity contribution is -0.134. The van der Waals surface area contributed by atoms with Gasteiger partial charge in [-0.05, 0) is 36.8 Å². The summed E-state index contributed by atoms with van der Waals surface area (Å²) in [5.74, 6) is 0.0303. The van der Waals surface area contributed by atoms with Crippen molar-refractivity contribution in [2.75, 3.05) is 26.3 Å². The molecule has 1 N–H and O–H groups in total. The van der Waals surface area contributed by atoms with Gasteiger partial charge in [0.15, 0.2) is 5.16 Å². The fourth-order valence-corrected chi connectivity index (χ4v) is 6.53. The lowest BCUT2D eigenvalue weighted by Gasteiger charge is -2.30. The maximum absolute atomic E-state index is 13.3. The molecule has 1 saturated heterocycles. The molecule has 1 amide bonds. The van der Waals surface area contributed by atoms with Crippen molar-refractivity contribution in [3.63, 3.8) is 0 Å². The zero-order chi connectivity index (χ0) is 20.5. The first-order valence-electron chi connectivity index (χ1n) is 10.3. The minimum Gasteiger partial charge on any atom is -0.378 e. The van der Waals surface area contributed by atoms with Gasteiger partial charge in [-0.25, -0.2) is 4.98 Å². The summed E-state index contributed by atoms with van der Waals surface area (Å²) in [4.78, 5) is 37.9. The van der Waals surface area contributed by atoms with Crippen molar-refractivity contribution in [3.8, 4) is 0 Å². The maximum atomic E-state index is 13.3. The van der Waals surface area contributed by atoms with Crippen LogP contribution in [0, 0.1) is 0 Å².